The largest absolute Gasteiger partial charge is 0.329 e. The van der Waals surface area contributed by atoms with Crippen molar-refractivity contribution in [3.05, 3.63) is 40.6 Å². The number of nitrogens with one attached hydrogen (secondary N) is 1. The number of hydrogen-bond acceptors (Lipinski definition) is 3. The van der Waals surface area contributed by atoms with E-state index in [0.717, 1.165) is 25.2 Å². The molecule has 0 spiro atoms. The average molecular weight is 263 g/mol. The molecule has 1 unspecified atom stereocenters. The maximum atomic E-state index is 4.47. The second-order valence-electron chi connectivity index (χ2n) is 4.41. The van der Waals surface area contributed by atoms with E-state index < -0.39 is 0 Å². The van der Waals surface area contributed by atoms with E-state index in [1.807, 2.05) is 17.7 Å². The summed E-state index contributed by atoms with van der Waals surface area (Å²) in [6.07, 6.45) is 6.48. The first kappa shape index (κ1) is 13.3. The molecule has 0 aliphatic heterocycles. The lowest BCUT2D eigenvalue weighted by Crippen LogP contribution is -2.12. The summed E-state index contributed by atoms with van der Waals surface area (Å²) in [5.74, 6) is 0. The molecule has 0 bridgehead atoms. The number of imidazole rings is 1. The van der Waals surface area contributed by atoms with Crippen LogP contribution in [0.4, 0.5) is 0 Å². The number of aromatic nitrogens is 2. The minimum Gasteiger partial charge on any atom is -0.329 e. The van der Waals surface area contributed by atoms with Crippen molar-refractivity contribution in [1.82, 2.24) is 14.9 Å². The highest BCUT2D eigenvalue weighted by Crippen LogP contribution is 2.27. The molecule has 0 saturated heterocycles. The Labute approximate surface area is 113 Å². The fraction of sp³-hybridized carbons (Fsp3) is 0.500. The molecule has 0 saturated carbocycles. The van der Waals surface area contributed by atoms with Gasteiger partial charge in [0.05, 0.1) is 18.1 Å². The first-order valence-corrected chi connectivity index (χ1v) is 7.49. The Kier molecular flexibility index (Phi) is 4.96. The van der Waals surface area contributed by atoms with Crippen molar-refractivity contribution in [2.45, 2.75) is 39.3 Å². The molecule has 0 aliphatic carbocycles. The lowest BCUT2D eigenvalue weighted by atomic mass is 10.1. The van der Waals surface area contributed by atoms with Gasteiger partial charge < -0.3 is 9.88 Å². The van der Waals surface area contributed by atoms with E-state index in [9.17, 15) is 0 Å². The van der Waals surface area contributed by atoms with E-state index in [1.54, 1.807) is 0 Å². The van der Waals surface area contributed by atoms with Gasteiger partial charge in [-0.05, 0) is 24.4 Å². The van der Waals surface area contributed by atoms with Crippen molar-refractivity contribution in [3.63, 3.8) is 0 Å². The molecule has 0 radical (unpaired) electrons. The number of nitrogens with zero attached hydrogens (tertiary/aromatic N) is 2. The predicted molar refractivity (Wildman–Crippen MR) is 77.0 cm³/mol. The van der Waals surface area contributed by atoms with Crippen LogP contribution in [0.1, 0.15) is 43.3 Å². The lowest BCUT2D eigenvalue weighted by molar-refractivity contribution is 0.540. The Bertz CT molecular complexity index is 447. The Morgan fingerprint density at radius 3 is 3.00 bits per heavy atom. The van der Waals surface area contributed by atoms with Crippen LogP contribution >= 0.6 is 11.3 Å². The summed E-state index contributed by atoms with van der Waals surface area (Å²) in [4.78, 5) is 5.89. The van der Waals surface area contributed by atoms with Gasteiger partial charge in [0.25, 0.3) is 0 Å². The summed E-state index contributed by atoms with van der Waals surface area (Å²) in [6, 6.07) is 4.78. The van der Waals surface area contributed by atoms with Crippen LogP contribution in [0.2, 0.25) is 0 Å². The van der Waals surface area contributed by atoms with Crippen LogP contribution in [0.15, 0.2) is 30.0 Å². The average Bonchev–Trinajstić information content (AvgIpc) is 3.05. The van der Waals surface area contributed by atoms with Crippen LogP contribution in [-0.2, 0) is 6.54 Å². The first-order valence-electron chi connectivity index (χ1n) is 6.61. The molecule has 2 aromatic heterocycles. The van der Waals surface area contributed by atoms with Gasteiger partial charge in [-0.2, -0.15) is 0 Å². The summed E-state index contributed by atoms with van der Waals surface area (Å²) in [5, 5.41) is 5.46. The van der Waals surface area contributed by atoms with E-state index >= 15 is 0 Å². The molecule has 2 heterocycles. The molecule has 3 nitrogen and oxygen atoms in total. The first-order chi connectivity index (χ1) is 8.85. The highest BCUT2D eigenvalue weighted by Gasteiger charge is 2.14. The normalized spacial score (nSPS) is 12.8. The molecule has 18 heavy (non-hydrogen) atoms. The molecule has 98 valence electrons. The summed E-state index contributed by atoms with van der Waals surface area (Å²) < 4.78 is 2.25. The van der Waals surface area contributed by atoms with Crippen LogP contribution in [0, 0.1) is 0 Å². The Balaban J connectivity index is 2.13. The van der Waals surface area contributed by atoms with Crippen molar-refractivity contribution in [2.24, 2.45) is 0 Å². The van der Waals surface area contributed by atoms with Crippen LogP contribution in [0.3, 0.4) is 0 Å². The van der Waals surface area contributed by atoms with Gasteiger partial charge in [-0.1, -0.05) is 26.3 Å². The highest BCUT2D eigenvalue weighted by molar-refractivity contribution is 7.10. The predicted octanol–water partition coefficient (Wildman–Crippen LogP) is 3.44. The molecule has 2 aromatic rings. The fourth-order valence-corrected chi connectivity index (χ4v) is 2.95. The van der Waals surface area contributed by atoms with Gasteiger partial charge >= 0.3 is 0 Å². The molecule has 2 rings (SSSR count). The van der Waals surface area contributed by atoms with Gasteiger partial charge in [0, 0.05) is 17.6 Å². The van der Waals surface area contributed by atoms with E-state index in [4.69, 9.17) is 0 Å². The van der Waals surface area contributed by atoms with Gasteiger partial charge in [-0.3, -0.25) is 0 Å². The van der Waals surface area contributed by atoms with Gasteiger partial charge in [0.1, 0.15) is 0 Å². The van der Waals surface area contributed by atoms with Gasteiger partial charge in [-0.25, -0.2) is 4.98 Å². The van der Waals surface area contributed by atoms with E-state index in [1.165, 1.54) is 11.3 Å². The van der Waals surface area contributed by atoms with E-state index in [0.29, 0.717) is 6.04 Å². The van der Waals surface area contributed by atoms with Gasteiger partial charge in [0.2, 0.25) is 0 Å². The maximum absolute atomic E-state index is 4.47. The second-order valence-corrected chi connectivity index (χ2v) is 5.39. The van der Waals surface area contributed by atoms with Crippen molar-refractivity contribution < 1.29 is 0 Å². The number of hydrogen-bond donors (Lipinski definition) is 1. The standard InChI is InChI=1S/C14H21N3S/c1-3-6-13(14-7-5-8-18-14)17-10-12(16-11-17)9-15-4-2/h5,7-8,10-11,13,15H,3-4,6,9H2,1-2H3. The fourth-order valence-electron chi connectivity index (χ4n) is 2.09. The Morgan fingerprint density at radius 2 is 2.33 bits per heavy atom. The maximum Gasteiger partial charge on any atom is 0.0956 e. The minimum absolute atomic E-state index is 0.442. The molecule has 0 amide bonds. The third kappa shape index (κ3) is 3.21. The quantitative estimate of drug-likeness (QED) is 0.829. The zero-order valence-electron chi connectivity index (χ0n) is 11.1. The summed E-state index contributed by atoms with van der Waals surface area (Å²) in [7, 11) is 0. The minimum atomic E-state index is 0.442. The van der Waals surface area contributed by atoms with Crippen LogP contribution in [0.5, 0.6) is 0 Å². The third-order valence-electron chi connectivity index (χ3n) is 3.00. The lowest BCUT2D eigenvalue weighted by Gasteiger charge is -2.15. The molecule has 4 heteroatoms. The molecule has 0 fully saturated rings. The van der Waals surface area contributed by atoms with Gasteiger partial charge in [-0.15, -0.1) is 11.3 Å². The van der Waals surface area contributed by atoms with Gasteiger partial charge in [0.15, 0.2) is 0 Å². The zero-order chi connectivity index (χ0) is 12.8. The topological polar surface area (TPSA) is 29.9 Å². The van der Waals surface area contributed by atoms with E-state index in [-0.39, 0.29) is 0 Å². The molecular formula is C14H21N3S. The summed E-state index contributed by atoms with van der Waals surface area (Å²) >= 11 is 1.83. The highest BCUT2D eigenvalue weighted by atomic mass is 32.1. The van der Waals surface area contributed by atoms with Crippen LogP contribution in [0.25, 0.3) is 0 Å². The SMILES string of the molecule is CCCC(c1cccs1)n1cnc(CNCC)c1. The smallest absolute Gasteiger partial charge is 0.0956 e. The van der Waals surface area contributed by atoms with Crippen LogP contribution < -0.4 is 5.32 Å². The Hall–Kier alpha value is -1.13. The summed E-state index contributed by atoms with van der Waals surface area (Å²) in [6.45, 7) is 6.18. The van der Waals surface area contributed by atoms with Crippen molar-refractivity contribution in [3.8, 4) is 0 Å². The molecular weight excluding hydrogens is 242 g/mol. The third-order valence-corrected chi connectivity index (χ3v) is 3.98. The van der Waals surface area contributed by atoms with Crippen molar-refractivity contribution in [2.75, 3.05) is 6.54 Å². The second kappa shape index (κ2) is 6.71. The monoisotopic (exact) mass is 263 g/mol. The zero-order valence-corrected chi connectivity index (χ0v) is 11.9. The number of thiophene rings is 1. The van der Waals surface area contributed by atoms with E-state index in [2.05, 4.69) is 52.4 Å². The number of rotatable bonds is 7. The van der Waals surface area contributed by atoms with Crippen molar-refractivity contribution >= 4 is 11.3 Å². The van der Waals surface area contributed by atoms with Crippen LogP contribution in [-0.4, -0.2) is 16.1 Å². The summed E-state index contributed by atoms with van der Waals surface area (Å²) in [5.41, 5.74) is 1.12. The Morgan fingerprint density at radius 1 is 1.44 bits per heavy atom. The van der Waals surface area contributed by atoms with Crippen molar-refractivity contribution in [1.29, 1.82) is 0 Å². The molecule has 1 atom stereocenters. The molecule has 0 aromatic carbocycles. The molecule has 0 aliphatic rings. The molecule has 1 N–H and O–H groups in total.